The largest absolute Gasteiger partial charge is 0.240 e. The second kappa shape index (κ2) is 8.26. The third-order valence-electron chi connectivity index (χ3n) is 4.92. The standard InChI is InChI=1S/C24H23N3O2S/c1-18-8-12-20(13-9-18)24-21(17-27(26-24)22-6-4-3-5-7-22)16-25-30(28,29)23-14-10-19(2)11-15-23/h3-15,17,25H,16H2,1-2H3. The number of nitrogens with zero attached hydrogens (tertiary/aromatic N) is 2. The number of benzene rings is 3. The van der Waals surface area contributed by atoms with Gasteiger partial charge in [-0.3, -0.25) is 0 Å². The van der Waals surface area contributed by atoms with Crippen molar-refractivity contribution in [3.8, 4) is 16.9 Å². The van der Waals surface area contributed by atoms with Crippen LogP contribution in [-0.4, -0.2) is 18.2 Å². The first-order valence-electron chi connectivity index (χ1n) is 9.70. The highest BCUT2D eigenvalue weighted by atomic mass is 32.2. The lowest BCUT2D eigenvalue weighted by Gasteiger charge is -2.07. The highest BCUT2D eigenvalue weighted by Crippen LogP contribution is 2.25. The third kappa shape index (κ3) is 4.35. The summed E-state index contributed by atoms with van der Waals surface area (Å²) >= 11 is 0. The molecule has 0 fully saturated rings. The lowest BCUT2D eigenvalue weighted by molar-refractivity contribution is 0.581. The van der Waals surface area contributed by atoms with Crippen LogP contribution in [-0.2, 0) is 16.6 Å². The second-order valence-electron chi connectivity index (χ2n) is 7.29. The minimum absolute atomic E-state index is 0.145. The van der Waals surface area contributed by atoms with Crippen LogP contribution in [0.25, 0.3) is 16.9 Å². The summed E-state index contributed by atoms with van der Waals surface area (Å²) in [5.74, 6) is 0. The van der Waals surface area contributed by atoms with Crippen LogP contribution in [0.1, 0.15) is 16.7 Å². The van der Waals surface area contributed by atoms with Crippen LogP contribution in [0.2, 0.25) is 0 Å². The Morgan fingerprint density at radius 1 is 0.833 bits per heavy atom. The average Bonchev–Trinajstić information content (AvgIpc) is 3.18. The van der Waals surface area contributed by atoms with E-state index in [2.05, 4.69) is 4.72 Å². The van der Waals surface area contributed by atoms with Crippen LogP contribution in [0, 0.1) is 13.8 Å². The van der Waals surface area contributed by atoms with Gasteiger partial charge >= 0.3 is 0 Å². The second-order valence-corrected chi connectivity index (χ2v) is 9.05. The maximum Gasteiger partial charge on any atom is 0.240 e. The zero-order chi connectivity index (χ0) is 21.1. The van der Waals surface area contributed by atoms with Crippen molar-refractivity contribution in [1.82, 2.24) is 14.5 Å². The molecule has 1 N–H and O–H groups in total. The van der Waals surface area contributed by atoms with E-state index in [-0.39, 0.29) is 11.4 Å². The predicted octanol–water partition coefficient (Wildman–Crippen LogP) is 4.63. The summed E-state index contributed by atoms with van der Waals surface area (Å²) in [5, 5.41) is 4.75. The fourth-order valence-electron chi connectivity index (χ4n) is 3.18. The third-order valence-corrected chi connectivity index (χ3v) is 6.34. The predicted molar refractivity (Wildman–Crippen MR) is 119 cm³/mol. The SMILES string of the molecule is Cc1ccc(-c2nn(-c3ccccc3)cc2CNS(=O)(=O)c2ccc(C)cc2)cc1. The van der Waals surface area contributed by atoms with Gasteiger partial charge < -0.3 is 0 Å². The summed E-state index contributed by atoms with van der Waals surface area (Å²) in [4.78, 5) is 0.250. The van der Waals surface area contributed by atoms with E-state index in [1.165, 1.54) is 0 Å². The van der Waals surface area contributed by atoms with Crippen molar-refractivity contribution in [2.45, 2.75) is 25.3 Å². The molecule has 0 unspecified atom stereocenters. The molecule has 5 nitrogen and oxygen atoms in total. The zero-order valence-electron chi connectivity index (χ0n) is 16.9. The van der Waals surface area contributed by atoms with E-state index in [9.17, 15) is 8.42 Å². The zero-order valence-corrected chi connectivity index (χ0v) is 17.7. The number of aryl methyl sites for hydroxylation is 2. The lowest BCUT2D eigenvalue weighted by atomic mass is 10.1. The molecule has 0 aliphatic heterocycles. The van der Waals surface area contributed by atoms with E-state index in [4.69, 9.17) is 5.10 Å². The van der Waals surface area contributed by atoms with Crippen molar-refractivity contribution in [3.05, 3.63) is 102 Å². The molecule has 0 aliphatic carbocycles. The van der Waals surface area contributed by atoms with Gasteiger partial charge in [0.25, 0.3) is 0 Å². The van der Waals surface area contributed by atoms with Crippen LogP contribution in [0.3, 0.4) is 0 Å². The van der Waals surface area contributed by atoms with Crippen molar-refractivity contribution in [2.24, 2.45) is 0 Å². The Morgan fingerprint density at radius 2 is 1.43 bits per heavy atom. The molecular formula is C24H23N3O2S. The first-order chi connectivity index (χ1) is 14.4. The van der Waals surface area contributed by atoms with Gasteiger partial charge in [-0.1, -0.05) is 65.7 Å². The Labute approximate surface area is 177 Å². The van der Waals surface area contributed by atoms with E-state index in [1.807, 2.05) is 74.6 Å². The van der Waals surface area contributed by atoms with Crippen LogP contribution < -0.4 is 4.72 Å². The van der Waals surface area contributed by atoms with Crippen LogP contribution in [0.4, 0.5) is 0 Å². The van der Waals surface area contributed by atoms with Crippen molar-refractivity contribution in [1.29, 1.82) is 0 Å². The van der Waals surface area contributed by atoms with E-state index in [1.54, 1.807) is 28.9 Å². The van der Waals surface area contributed by atoms with Gasteiger partial charge in [0.2, 0.25) is 10.0 Å². The molecule has 6 heteroatoms. The molecule has 0 aliphatic rings. The molecule has 1 aromatic heterocycles. The molecule has 0 bridgehead atoms. The number of nitrogens with one attached hydrogen (secondary N) is 1. The quantitative estimate of drug-likeness (QED) is 0.497. The number of para-hydroxylation sites is 1. The Balaban J connectivity index is 1.68. The van der Waals surface area contributed by atoms with Crippen molar-refractivity contribution in [3.63, 3.8) is 0 Å². The van der Waals surface area contributed by atoms with Crippen molar-refractivity contribution in [2.75, 3.05) is 0 Å². The van der Waals surface area contributed by atoms with Gasteiger partial charge in [0.05, 0.1) is 16.3 Å². The molecular weight excluding hydrogens is 394 g/mol. The van der Waals surface area contributed by atoms with Gasteiger partial charge in [-0.05, 0) is 38.1 Å². The van der Waals surface area contributed by atoms with E-state index in [0.29, 0.717) is 0 Å². The van der Waals surface area contributed by atoms with Crippen LogP contribution in [0.15, 0.2) is 90.0 Å². The molecule has 0 radical (unpaired) electrons. The van der Waals surface area contributed by atoms with Gasteiger partial charge in [-0.25, -0.2) is 17.8 Å². The molecule has 0 saturated heterocycles. The number of aromatic nitrogens is 2. The lowest BCUT2D eigenvalue weighted by Crippen LogP contribution is -2.23. The van der Waals surface area contributed by atoms with E-state index < -0.39 is 10.0 Å². The highest BCUT2D eigenvalue weighted by Gasteiger charge is 2.17. The maximum atomic E-state index is 12.7. The fraction of sp³-hybridized carbons (Fsp3) is 0.125. The Morgan fingerprint density at radius 3 is 2.07 bits per heavy atom. The van der Waals surface area contributed by atoms with E-state index in [0.717, 1.165) is 33.6 Å². The number of rotatable bonds is 6. The average molecular weight is 418 g/mol. The monoisotopic (exact) mass is 417 g/mol. The summed E-state index contributed by atoms with van der Waals surface area (Å²) in [6, 6.07) is 24.6. The Hall–Kier alpha value is -3.22. The summed E-state index contributed by atoms with van der Waals surface area (Å²) in [7, 11) is -3.62. The van der Waals surface area contributed by atoms with Gasteiger partial charge in [0.1, 0.15) is 0 Å². The minimum Gasteiger partial charge on any atom is -0.240 e. The molecule has 30 heavy (non-hydrogen) atoms. The first kappa shape index (κ1) is 20.1. The molecule has 4 rings (SSSR count). The summed E-state index contributed by atoms with van der Waals surface area (Å²) in [6.45, 7) is 4.10. The first-order valence-corrected chi connectivity index (χ1v) is 11.2. The fourth-order valence-corrected chi connectivity index (χ4v) is 4.19. The molecule has 152 valence electrons. The number of hydrogen-bond acceptors (Lipinski definition) is 3. The molecule has 3 aromatic carbocycles. The van der Waals surface area contributed by atoms with Gasteiger partial charge in [-0.2, -0.15) is 5.10 Å². The van der Waals surface area contributed by atoms with Crippen LogP contribution in [0.5, 0.6) is 0 Å². The summed E-state index contributed by atoms with van der Waals surface area (Å²) in [6.07, 6.45) is 1.88. The normalized spacial score (nSPS) is 11.5. The molecule has 0 spiro atoms. The molecule has 4 aromatic rings. The Kier molecular flexibility index (Phi) is 5.53. The summed E-state index contributed by atoms with van der Waals surface area (Å²) < 4.78 is 30.0. The molecule has 0 saturated carbocycles. The molecule has 0 amide bonds. The van der Waals surface area contributed by atoms with Crippen molar-refractivity contribution >= 4 is 10.0 Å². The van der Waals surface area contributed by atoms with Crippen LogP contribution >= 0.6 is 0 Å². The molecule has 0 atom stereocenters. The summed E-state index contributed by atoms with van der Waals surface area (Å²) in [5.41, 5.74) is 5.59. The van der Waals surface area contributed by atoms with Gasteiger partial charge in [0, 0.05) is 23.9 Å². The number of hydrogen-bond donors (Lipinski definition) is 1. The molecule has 1 heterocycles. The van der Waals surface area contributed by atoms with E-state index >= 15 is 0 Å². The topological polar surface area (TPSA) is 64.0 Å². The highest BCUT2D eigenvalue weighted by molar-refractivity contribution is 7.89. The van der Waals surface area contributed by atoms with Gasteiger partial charge in [-0.15, -0.1) is 0 Å². The minimum atomic E-state index is -3.62. The van der Waals surface area contributed by atoms with Gasteiger partial charge in [0.15, 0.2) is 0 Å². The number of sulfonamides is 1. The smallest absolute Gasteiger partial charge is 0.240 e. The maximum absolute atomic E-state index is 12.7. The Bertz CT molecular complexity index is 1240. The van der Waals surface area contributed by atoms with Crippen molar-refractivity contribution < 1.29 is 8.42 Å².